The second kappa shape index (κ2) is 7.01. The van der Waals surface area contributed by atoms with Gasteiger partial charge in [0.2, 0.25) is 10.0 Å². The van der Waals surface area contributed by atoms with Gasteiger partial charge in [-0.15, -0.1) is 11.3 Å². The molecule has 0 fully saturated rings. The molecule has 0 bridgehead atoms. The number of fused-ring (bicyclic) bond motifs is 1. The van der Waals surface area contributed by atoms with E-state index in [1.807, 2.05) is 43.3 Å². The zero-order valence-electron chi connectivity index (χ0n) is 13.8. The summed E-state index contributed by atoms with van der Waals surface area (Å²) in [4.78, 5) is 4.93. The first-order chi connectivity index (χ1) is 11.5. The Kier molecular flexibility index (Phi) is 4.99. The van der Waals surface area contributed by atoms with Gasteiger partial charge in [-0.25, -0.2) is 17.7 Å². The first-order valence-corrected chi connectivity index (χ1v) is 10.2. The van der Waals surface area contributed by atoms with Crippen LogP contribution in [0, 0.1) is 0 Å². The number of thiazole rings is 1. The van der Waals surface area contributed by atoms with E-state index < -0.39 is 10.0 Å². The lowest BCUT2D eigenvalue weighted by atomic mass is 10.2. The topological polar surface area (TPSA) is 50.3 Å². The normalized spacial score (nSPS) is 12.1. The third-order valence-corrected chi connectivity index (χ3v) is 6.89. The molecule has 0 saturated carbocycles. The number of hydrogen-bond donors (Lipinski definition) is 0. The second-order valence-corrected chi connectivity index (χ2v) is 8.77. The molecule has 6 heteroatoms. The third kappa shape index (κ3) is 3.36. The number of hydrogen-bond acceptors (Lipinski definition) is 4. The first kappa shape index (κ1) is 17.1. The van der Waals surface area contributed by atoms with Crippen LogP contribution in [-0.2, 0) is 10.0 Å². The van der Waals surface area contributed by atoms with Crippen molar-refractivity contribution >= 4 is 31.6 Å². The Morgan fingerprint density at radius 1 is 1.08 bits per heavy atom. The van der Waals surface area contributed by atoms with Gasteiger partial charge in [0.1, 0.15) is 5.01 Å². The average molecular weight is 361 g/mol. The number of unbranched alkanes of at least 4 members (excludes halogenated alkanes) is 1. The summed E-state index contributed by atoms with van der Waals surface area (Å²) in [6.07, 6.45) is 1.83. The summed E-state index contributed by atoms with van der Waals surface area (Å²) in [7, 11) is -1.79. The highest BCUT2D eigenvalue weighted by atomic mass is 32.2. The summed E-state index contributed by atoms with van der Waals surface area (Å²) in [5, 5.41) is 0.902. The van der Waals surface area contributed by atoms with E-state index in [0.717, 1.165) is 33.6 Å². The van der Waals surface area contributed by atoms with Crippen LogP contribution in [-0.4, -0.2) is 31.3 Å². The van der Waals surface area contributed by atoms with Crippen molar-refractivity contribution in [2.75, 3.05) is 13.6 Å². The summed E-state index contributed by atoms with van der Waals surface area (Å²) in [6.45, 7) is 2.59. The van der Waals surface area contributed by atoms with Crippen LogP contribution in [0.15, 0.2) is 53.4 Å². The predicted octanol–water partition coefficient (Wildman–Crippen LogP) is 4.38. The van der Waals surface area contributed by atoms with Gasteiger partial charge < -0.3 is 0 Å². The van der Waals surface area contributed by atoms with E-state index in [2.05, 4.69) is 4.98 Å². The largest absolute Gasteiger partial charge is 0.242 e. The maximum Gasteiger partial charge on any atom is 0.242 e. The predicted molar refractivity (Wildman–Crippen MR) is 99.8 cm³/mol. The van der Waals surface area contributed by atoms with E-state index in [4.69, 9.17) is 0 Å². The molecule has 4 nitrogen and oxygen atoms in total. The molecule has 126 valence electrons. The molecule has 0 spiro atoms. The molecule has 0 aliphatic heterocycles. The number of sulfonamides is 1. The van der Waals surface area contributed by atoms with Gasteiger partial charge in [0.15, 0.2) is 0 Å². The molecule has 24 heavy (non-hydrogen) atoms. The van der Waals surface area contributed by atoms with E-state index >= 15 is 0 Å². The summed E-state index contributed by atoms with van der Waals surface area (Å²) in [6, 6.07) is 15.0. The van der Waals surface area contributed by atoms with Crippen LogP contribution in [0.2, 0.25) is 0 Å². The quantitative estimate of drug-likeness (QED) is 0.655. The molecular formula is C18H20N2O2S2. The van der Waals surface area contributed by atoms with Crippen LogP contribution < -0.4 is 0 Å². The lowest BCUT2D eigenvalue weighted by Crippen LogP contribution is -2.27. The highest BCUT2D eigenvalue weighted by Crippen LogP contribution is 2.30. The monoisotopic (exact) mass is 360 g/mol. The Morgan fingerprint density at radius 2 is 1.79 bits per heavy atom. The van der Waals surface area contributed by atoms with E-state index in [1.165, 1.54) is 4.31 Å². The molecule has 3 rings (SSSR count). The van der Waals surface area contributed by atoms with E-state index in [1.54, 1.807) is 30.5 Å². The zero-order valence-corrected chi connectivity index (χ0v) is 15.4. The molecule has 0 aliphatic rings. The van der Waals surface area contributed by atoms with Gasteiger partial charge in [-0.3, -0.25) is 0 Å². The van der Waals surface area contributed by atoms with Crippen molar-refractivity contribution in [2.45, 2.75) is 24.7 Å². The number of aromatic nitrogens is 1. The third-order valence-electron chi connectivity index (χ3n) is 3.93. The number of benzene rings is 2. The zero-order chi connectivity index (χ0) is 17.2. The number of para-hydroxylation sites is 1. The Labute approximate surface area is 146 Å². The molecular weight excluding hydrogens is 340 g/mol. The Morgan fingerprint density at radius 3 is 2.46 bits per heavy atom. The van der Waals surface area contributed by atoms with E-state index in [0.29, 0.717) is 11.4 Å². The minimum atomic E-state index is -3.42. The van der Waals surface area contributed by atoms with Crippen molar-refractivity contribution in [3.8, 4) is 10.6 Å². The highest BCUT2D eigenvalue weighted by Gasteiger charge is 2.20. The summed E-state index contributed by atoms with van der Waals surface area (Å²) >= 11 is 1.61. The smallest absolute Gasteiger partial charge is 0.236 e. The van der Waals surface area contributed by atoms with Crippen molar-refractivity contribution < 1.29 is 8.42 Å². The molecule has 0 amide bonds. The van der Waals surface area contributed by atoms with Gasteiger partial charge in [-0.05, 0) is 30.7 Å². The maximum atomic E-state index is 12.5. The Hall–Kier alpha value is -1.76. The van der Waals surface area contributed by atoms with Gasteiger partial charge in [0.25, 0.3) is 0 Å². The molecule has 0 atom stereocenters. The van der Waals surface area contributed by atoms with Crippen molar-refractivity contribution in [1.82, 2.24) is 9.29 Å². The average Bonchev–Trinajstić information content (AvgIpc) is 3.03. The molecule has 0 aliphatic carbocycles. The molecule has 1 heterocycles. The fourth-order valence-corrected chi connectivity index (χ4v) is 4.63. The van der Waals surface area contributed by atoms with Crippen molar-refractivity contribution in [3.05, 3.63) is 48.5 Å². The fraction of sp³-hybridized carbons (Fsp3) is 0.278. The van der Waals surface area contributed by atoms with Gasteiger partial charge >= 0.3 is 0 Å². The molecule has 1 aromatic heterocycles. The molecule has 0 N–H and O–H groups in total. The molecule has 3 aromatic rings. The molecule has 0 unspecified atom stereocenters. The standard InChI is InChI=1S/C18H20N2O2S2/c1-3-4-13-20(2)24(21,22)15-11-9-14(10-12-15)18-19-16-7-5-6-8-17(16)23-18/h5-12H,3-4,13H2,1-2H3. The van der Waals surface area contributed by atoms with Crippen LogP contribution in [0.3, 0.4) is 0 Å². The van der Waals surface area contributed by atoms with Gasteiger partial charge in [-0.2, -0.15) is 0 Å². The summed E-state index contributed by atoms with van der Waals surface area (Å²) in [5.41, 5.74) is 1.90. The summed E-state index contributed by atoms with van der Waals surface area (Å²) in [5.74, 6) is 0. The minimum absolute atomic E-state index is 0.325. The summed E-state index contributed by atoms with van der Waals surface area (Å²) < 4.78 is 27.6. The molecule has 0 radical (unpaired) electrons. The van der Waals surface area contributed by atoms with Gasteiger partial charge in [0, 0.05) is 19.2 Å². The fourth-order valence-electron chi connectivity index (χ4n) is 2.45. The van der Waals surface area contributed by atoms with Crippen LogP contribution in [0.4, 0.5) is 0 Å². The lowest BCUT2D eigenvalue weighted by Gasteiger charge is -2.16. The SMILES string of the molecule is CCCCN(C)S(=O)(=O)c1ccc(-c2nc3ccccc3s2)cc1. The van der Waals surface area contributed by atoms with Crippen LogP contribution in [0.25, 0.3) is 20.8 Å². The maximum absolute atomic E-state index is 12.5. The first-order valence-electron chi connectivity index (χ1n) is 7.94. The van der Waals surface area contributed by atoms with Crippen molar-refractivity contribution in [3.63, 3.8) is 0 Å². The lowest BCUT2D eigenvalue weighted by molar-refractivity contribution is 0.459. The second-order valence-electron chi connectivity index (χ2n) is 5.69. The van der Waals surface area contributed by atoms with Crippen LogP contribution >= 0.6 is 11.3 Å². The van der Waals surface area contributed by atoms with Crippen molar-refractivity contribution in [2.24, 2.45) is 0 Å². The van der Waals surface area contributed by atoms with Gasteiger partial charge in [0.05, 0.1) is 15.1 Å². The number of rotatable bonds is 6. The van der Waals surface area contributed by atoms with Gasteiger partial charge in [-0.1, -0.05) is 37.6 Å². The van der Waals surface area contributed by atoms with Crippen LogP contribution in [0.1, 0.15) is 19.8 Å². The number of nitrogens with zero attached hydrogens (tertiary/aromatic N) is 2. The van der Waals surface area contributed by atoms with E-state index in [-0.39, 0.29) is 0 Å². The molecule has 2 aromatic carbocycles. The molecule has 0 saturated heterocycles. The van der Waals surface area contributed by atoms with E-state index in [9.17, 15) is 8.42 Å². The highest BCUT2D eigenvalue weighted by molar-refractivity contribution is 7.89. The minimum Gasteiger partial charge on any atom is -0.236 e. The van der Waals surface area contributed by atoms with Crippen molar-refractivity contribution in [1.29, 1.82) is 0 Å². The van der Waals surface area contributed by atoms with Crippen LogP contribution in [0.5, 0.6) is 0 Å². The Bertz CT molecular complexity index is 898. The Balaban J connectivity index is 1.87.